The molecular formula is C20H17F2NO3. The Hall–Kier alpha value is -2.73. The number of fused-ring (bicyclic) bond motifs is 1. The predicted octanol–water partition coefficient (Wildman–Crippen LogP) is 3.53. The van der Waals surface area contributed by atoms with E-state index in [9.17, 15) is 18.7 Å². The second-order valence-electron chi connectivity index (χ2n) is 6.80. The zero-order valence-electron chi connectivity index (χ0n) is 13.8. The van der Waals surface area contributed by atoms with Crippen LogP contribution < -0.4 is 5.32 Å². The second kappa shape index (κ2) is 6.21. The lowest BCUT2D eigenvalue weighted by Gasteiger charge is -2.46. The van der Waals surface area contributed by atoms with Crippen molar-refractivity contribution in [1.29, 1.82) is 0 Å². The van der Waals surface area contributed by atoms with Crippen LogP contribution in [0.4, 0.5) is 8.78 Å². The summed E-state index contributed by atoms with van der Waals surface area (Å²) in [4.78, 5) is 12.6. The normalized spacial score (nSPS) is 22.2. The summed E-state index contributed by atoms with van der Waals surface area (Å²) >= 11 is 0. The molecule has 3 aromatic rings. The summed E-state index contributed by atoms with van der Waals surface area (Å²) < 4.78 is 32.4. The fraction of sp³-hybridized carbons (Fsp3) is 0.250. The van der Waals surface area contributed by atoms with E-state index in [0.717, 1.165) is 24.0 Å². The number of carbonyl (C=O) groups excluding carboxylic acids is 1. The van der Waals surface area contributed by atoms with Crippen molar-refractivity contribution in [3.8, 4) is 0 Å². The summed E-state index contributed by atoms with van der Waals surface area (Å²) in [7, 11) is 0. The quantitative estimate of drug-likeness (QED) is 0.751. The third-order valence-corrected chi connectivity index (χ3v) is 5.06. The minimum Gasteiger partial charge on any atom is -0.463 e. The van der Waals surface area contributed by atoms with E-state index < -0.39 is 23.6 Å². The fourth-order valence-corrected chi connectivity index (χ4v) is 3.71. The van der Waals surface area contributed by atoms with Gasteiger partial charge < -0.3 is 14.8 Å². The highest BCUT2D eigenvalue weighted by Gasteiger charge is 2.45. The van der Waals surface area contributed by atoms with Gasteiger partial charge in [0.05, 0.1) is 17.1 Å². The second-order valence-corrected chi connectivity index (χ2v) is 6.80. The Labute approximate surface area is 148 Å². The topological polar surface area (TPSA) is 62.5 Å². The number of rotatable bonds is 4. The molecule has 1 saturated carbocycles. The molecule has 134 valence electrons. The Kier molecular flexibility index (Phi) is 4.00. The van der Waals surface area contributed by atoms with Crippen LogP contribution in [-0.2, 0) is 5.41 Å². The Bertz CT molecular complexity index is 962. The molecule has 0 spiro atoms. The largest absolute Gasteiger partial charge is 0.463 e. The minimum atomic E-state index is -0.837. The summed E-state index contributed by atoms with van der Waals surface area (Å²) in [5.41, 5.74) is 0.710. The Morgan fingerprint density at radius 2 is 1.96 bits per heavy atom. The van der Waals surface area contributed by atoms with Gasteiger partial charge in [-0.1, -0.05) is 30.3 Å². The molecule has 4 rings (SSSR count). The molecule has 26 heavy (non-hydrogen) atoms. The first-order valence-corrected chi connectivity index (χ1v) is 8.36. The summed E-state index contributed by atoms with van der Waals surface area (Å²) in [5, 5.41) is 12.6. The van der Waals surface area contributed by atoms with Gasteiger partial charge in [-0.05, 0) is 18.4 Å². The standard InChI is InChI=1S/C20H17F2NO3/c21-13-6-16(22)18-15(10-26-17(18)7-13)19(25)23-11-20(8-14(24)9-20)12-4-2-1-3-5-12/h1-7,10,14,24H,8-9,11H2,(H,23,25). The van der Waals surface area contributed by atoms with Crippen molar-refractivity contribution in [2.75, 3.05) is 6.54 Å². The van der Waals surface area contributed by atoms with Crippen molar-refractivity contribution in [3.05, 3.63) is 71.5 Å². The number of hydrogen-bond donors (Lipinski definition) is 2. The van der Waals surface area contributed by atoms with Crippen molar-refractivity contribution in [2.24, 2.45) is 0 Å². The Balaban J connectivity index is 1.57. The molecule has 1 heterocycles. The lowest BCUT2D eigenvalue weighted by Crippen LogP contribution is -2.52. The van der Waals surface area contributed by atoms with Gasteiger partial charge in [0.15, 0.2) is 0 Å². The van der Waals surface area contributed by atoms with E-state index in [0.29, 0.717) is 19.4 Å². The molecule has 1 aliphatic carbocycles. The van der Waals surface area contributed by atoms with Crippen LogP contribution in [0.15, 0.2) is 53.1 Å². The molecular weight excluding hydrogens is 340 g/mol. The summed E-state index contributed by atoms with van der Waals surface area (Å²) in [6.07, 6.45) is 1.82. The van der Waals surface area contributed by atoms with Gasteiger partial charge in [0.2, 0.25) is 0 Å². The minimum absolute atomic E-state index is 0.00973. The highest BCUT2D eigenvalue weighted by atomic mass is 19.1. The number of nitrogens with one attached hydrogen (secondary N) is 1. The van der Waals surface area contributed by atoms with E-state index >= 15 is 0 Å². The molecule has 1 fully saturated rings. The molecule has 4 nitrogen and oxygen atoms in total. The maximum absolute atomic E-state index is 14.1. The van der Waals surface area contributed by atoms with Crippen LogP contribution in [0.3, 0.4) is 0 Å². The number of benzene rings is 2. The average Bonchev–Trinajstić information content (AvgIpc) is 3.02. The first-order chi connectivity index (χ1) is 12.5. The van der Waals surface area contributed by atoms with E-state index in [1.165, 1.54) is 0 Å². The molecule has 0 radical (unpaired) electrons. The molecule has 0 atom stereocenters. The van der Waals surface area contributed by atoms with E-state index in [4.69, 9.17) is 4.42 Å². The number of carbonyl (C=O) groups is 1. The predicted molar refractivity (Wildman–Crippen MR) is 91.8 cm³/mol. The SMILES string of the molecule is O=C(NCC1(c2ccccc2)CC(O)C1)c1coc2cc(F)cc(F)c12. The van der Waals surface area contributed by atoms with Crippen LogP contribution in [0, 0.1) is 11.6 Å². The molecule has 1 aromatic heterocycles. The smallest absolute Gasteiger partial charge is 0.255 e. The first-order valence-electron chi connectivity index (χ1n) is 8.36. The molecule has 1 amide bonds. The molecule has 2 aromatic carbocycles. The summed E-state index contributed by atoms with van der Waals surface area (Å²) in [5.74, 6) is -2.09. The lowest BCUT2D eigenvalue weighted by atomic mass is 9.62. The van der Waals surface area contributed by atoms with E-state index in [2.05, 4.69) is 5.32 Å². The van der Waals surface area contributed by atoms with E-state index in [1.807, 2.05) is 30.3 Å². The number of hydrogen-bond acceptors (Lipinski definition) is 3. The van der Waals surface area contributed by atoms with Crippen LogP contribution in [0.25, 0.3) is 11.0 Å². The van der Waals surface area contributed by atoms with Crippen molar-refractivity contribution in [3.63, 3.8) is 0 Å². The Morgan fingerprint density at radius 3 is 2.65 bits per heavy atom. The molecule has 0 saturated heterocycles. The molecule has 2 N–H and O–H groups in total. The lowest BCUT2D eigenvalue weighted by molar-refractivity contribution is 0.0177. The zero-order valence-corrected chi connectivity index (χ0v) is 13.8. The fourth-order valence-electron chi connectivity index (χ4n) is 3.71. The van der Waals surface area contributed by atoms with E-state index in [1.54, 1.807) is 0 Å². The van der Waals surface area contributed by atoms with Gasteiger partial charge in [-0.3, -0.25) is 4.79 Å². The van der Waals surface area contributed by atoms with Crippen molar-refractivity contribution < 1.29 is 23.1 Å². The molecule has 6 heteroatoms. The summed E-state index contributed by atoms with van der Waals surface area (Å²) in [6.45, 7) is 0.308. The van der Waals surface area contributed by atoms with Crippen LogP contribution in [0.1, 0.15) is 28.8 Å². The monoisotopic (exact) mass is 357 g/mol. The Morgan fingerprint density at radius 1 is 1.23 bits per heavy atom. The van der Waals surface area contributed by atoms with Gasteiger partial charge in [0.1, 0.15) is 23.5 Å². The van der Waals surface area contributed by atoms with Gasteiger partial charge >= 0.3 is 0 Å². The van der Waals surface area contributed by atoms with Gasteiger partial charge in [-0.25, -0.2) is 8.78 Å². The molecule has 0 bridgehead atoms. The van der Waals surface area contributed by atoms with Gasteiger partial charge in [0.25, 0.3) is 5.91 Å². The van der Waals surface area contributed by atoms with Gasteiger partial charge in [-0.2, -0.15) is 0 Å². The van der Waals surface area contributed by atoms with E-state index in [-0.39, 0.29) is 21.9 Å². The highest BCUT2D eigenvalue weighted by Crippen LogP contribution is 2.43. The zero-order chi connectivity index (χ0) is 18.3. The van der Waals surface area contributed by atoms with Gasteiger partial charge in [0, 0.05) is 24.1 Å². The van der Waals surface area contributed by atoms with Crippen LogP contribution in [0.5, 0.6) is 0 Å². The summed E-state index contributed by atoms with van der Waals surface area (Å²) in [6, 6.07) is 11.4. The highest BCUT2D eigenvalue weighted by molar-refractivity contribution is 6.06. The van der Waals surface area contributed by atoms with Crippen LogP contribution in [0.2, 0.25) is 0 Å². The molecule has 0 unspecified atom stereocenters. The third-order valence-electron chi connectivity index (χ3n) is 5.06. The van der Waals surface area contributed by atoms with Crippen molar-refractivity contribution >= 4 is 16.9 Å². The number of aliphatic hydroxyl groups excluding tert-OH is 1. The average molecular weight is 357 g/mol. The number of halogens is 2. The van der Waals surface area contributed by atoms with Crippen LogP contribution >= 0.6 is 0 Å². The number of aliphatic hydroxyl groups is 1. The first kappa shape index (κ1) is 16.7. The molecule has 1 aliphatic rings. The molecule has 0 aliphatic heterocycles. The third kappa shape index (κ3) is 2.76. The maximum Gasteiger partial charge on any atom is 0.255 e. The number of amides is 1. The van der Waals surface area contributed by atoms with Gasteiger partial charge in [-0.15, -0.1) is 0 Å². The van der Waals surface area contributed by atoms with Crippen LogP contribution in [-0.4, -0.2) is 23.7 Å². The van der Waals surface area contributed by atoms with Crippen molar-refractivity contribution in [2.45, 2.75) is 24.4 Å². The number of furan rings is 1. The van der Waals surface area contributed by atoms with Crippen molar-refractivity contribution in [1.82, 2.24) is 5.32 Å². The maximum atomic E-state index is 14.1.